The number of hydrogen-bond acceptors (Lipinski definition) is 7. The maximum Gasteiger partial charge on any atom is 0.296 e. The van der Waals surface area contributed by atoms with Gasteiger partial charge in [0.2, 0.25) is 0 Å². The lowest BCUT2D eigenvalue weighted by Gasteiger charge is -2.25. The number of aliphatic hydroxyl groups excluding tert-OH is 1. The third-order valence-electron chi connectivity index (χ3n) is 5.42. The van der Waals surface area contributed by atoms with Crippen molar-refractivity contribution in [2.75, 3.05) is 13.2 Å². The van der Waals surface area contributed by atoms with Crippen molar-refractivity contribution >= 4 is 17.4 Å². The van der Waals surface area contributed by atoms with Crippen molar-refractivity contribution in [3.05, 3.63) is 89.5 Å². The van der Waals surface area contributed by atoms with E-state index in [1.54, 1.807) is 61.1 Å². The minimum atomic E-state index is -0.836. The van der Waals surface area contributed by atoms with E-state index in [0.717, 1.165) is 0 Å². The monoisotopic (exact) mass is 459 g/mol. The number of amides is 1. The van der Waals surface area contributed by atoms with Crippen molar-refractivity contribution in [3.8, 4) is 11.5 Å². The summed E-state index contributed by atoms with van der Waals surface area (Å²) in [7, 11) is 0. The van der Waals surface area contributed by atoms with Gasteiger partial charge in [-0.25, -0.2) is 0 Å². The maximum absolute atomic E-state index is 13.2. The van der Waals surface area contributed by atoms with Crippen molar-refractivity contribution in [1.29, 1.82) is 0 Å². The second-order valence-electron chi connectivity index (χ2n) is 7.56. The van der Waals surface area contributed by atoms with E-state index in [-0.39, 0.29) is 17.9 Å². The van der Waals surface area contributed by atoms with E-state index in [1.807, 2.05) is 19.9 Å². The van der Waals surface area contributed by atoms with Crippen LogP contribution in [0.3, 0.4) is 0 Å². The molecule has 8 nitrogen and oxygen atoms in total. The molecule has 0 radical (unpaired) electrons. The normalized spacial score (nSPS) is 17.1. The number of carbonyl (C=O) groups excluding carboxylic acids is 2. The second-order valence-corrected chi connectivity index (χ2v) is 7.56. The van der Waals surface area contributed by atoms with Gasteiger partial charge in [-0.15, -0.1) is 0 Å². The van der Waals surface area contributed by atoms with Crippen LogP contribution in [0.1, 0.15) is 36.7 Å². The molecule has 1 saturated heterocycles. The molecule has 1 amide bonds. The molecule has 1 fully saturated rings. The van der Waals surface area contributed by atoms with Gasteiger partial charge in [0.1, 0.15) is 17.3 Å². The number of ketones is 1. The number of Topliss-reactive ketones (excluding diaryl/α,β-unsaturated/α-hetero) is 1. The van der Waals surface area contributed by atoms with Gasteiger partial charge < -0.3 is 19.5 Å². The molecular formula is C26H25N3O5. The molecule has 0 spiro atoms. The number of nitrogens with zero attached hydrogens (tertiary/aromatic N) is 3. The topological polar surface area (TPSA) is 102 Å². The van der Waals surface area contributed by atoms with Crippen molar-refractivity contribution < 1.29 is 24.2 Å². The van der Waals surface area contributed by atoms with Crippen molar-refractivity contribution in [3.63, 3.8) is 0 Å². The molecule has 8 heteroatoms. The Hall–Kier alpha value is -4.20. The number of benzene rings is 1. The molecule has 1 atom stereocenters. The number of ether oxygens (including phenoxy) is 2. The number of aliphatic hydroxyl groups is 1. The van der Waals surface area contributed by atoms with Gasteiger partial charge in [0.25, 0.3) is 11.7 Å². The Kier molecular flexibility index (Phi) is 6.87. The fourth-order valence-electron chi connectivity index (χ4n) is 3.97. The van der Waals surface area contributed by atoms with Gasteiger partial charge in [-0.3, -0.25) is 19.6 Å². The number of rotatable bonds is 8. The SMILES string of the molecule is CCOc1ccc(/C(O)=C2/C(=O)C(=O)N(Cc3ccccn3)C2c2cccnc2)c(OCC)c1. The van der Waals surface area contributed by atoms with Gasteiger partial charge in [0, 0.05) is 24.7 Å². The summed E-state index contributed by atoms with van der Waals surface area (Å²) in [6.45, 7) is 4.60. The number of likely N-dealkylation sites (tertiary alicyclic amines) is 1. The quantitative estimate of drug-likeness (QED) is 0.310. The minimum absolute atomic E-state index is 0.0287. The third-order valence-corrected chi connectivity index (χ3v) is 5.42. The molecule has 4 rings (SSSR count). The average molecular weight is 460 g/mol. The Balaban J connectivity index is 1.86. The zero-order valence-electron chi connectivity index (χ0n) is 19.0. The van der Waals surface area contributed by atoms with Gasteiger partial charge in [-0.2, -0.15) is 0 Å². The molecule has 0 saturated carbocycles. The highest BCUT2D eigenvalue weighted by molar-refractivity contribution is 6.46. The van der Waals surface area contributed by atoms with E-state index in [1.165, 1.54) is 4.90 Å². The van der Waals surface area contributed by atoms with Crippen LogP contribution in [0.15, 0.2) is 72.7 Å². The Morgan fingerprint density at radius 2 is 1.85 bits per heavy atom. The van der Waals surface area contributed by atoms with E-state index in [2.05, 4.69) is 9.97 Å². The van der Waals surface area contributed by atoms with Gasteiger partial charge in [0.15, 0.2) is 0 Å². The van der Waals surface area contributed by atoms with Gasteiger partial charge in [-0.1, -0.05) is 12.1 Å². The summed E-state index contributed by atoms with van der Waals surface area (Å²) in [5.41, 5.74) is 1.49. The van der Waals surface area contributed by atoms with Crippen molar-refractivity contribution in [2.45, 2.75) is 26.4 Å². The molecular weight excluding hydrogens is 434 g/mol. The fourth-order valence-corrected chi connectivity index (χ4v) is 3.97. The first-order valence-corrected chi connectivity index (χ1v) is 11.0. The first-order chi connectivity index (χ1) is 16.5. The van der Waals surface area contributed by atoms with Gasteiger partial charge in [0.05, 0.1) is 42.6 Å². The first-order valence-electron chi connectivity index (χ1n) is 11.0. The van der Waals surface area contributed by atoms with Crippen LogP contribution in [0.2, 0.25) is 0 Å². The van der Waals surface area contributed by atoms with Crippen LogP contribution >= 0.6 is 0 Å². The summed E-state index contributed by atoms with van der Waals surface area (Å²) < 4.78 is 11.3. The lowest BCUT2D eigenvalue weighted by Crippen LogP contribution is -2.29. The summed E-state index contributed by atoms with van der Waals surface area (Å²) in [5, 5.41) is 11.4. The molecule has 1 aliphatic heterocycles. The van der Waals surface area contributed by atoms with Crippen LogP contribution in [0.4, 0.5) is 0 Å². The van der Waals surface area contributed by atoms with Crippen molar-refractivity contribution in [1.82, 2.24) is 14.9 Å². The standard InChI is InChI=1S/C26H25N3O5/c1-3-33-19-10-11-20(21(14-19)34-4-2)24(30)22-23(17-8-7-12-27-15-17)29(26(32)25(22)31)16-18-9-5-6-13-28-18/h5-15,23,30H,3-4,16H2,1-2H3/b24-22-. The lowest BCUT2D eigenvalue weighted by atomic mass is 9.96. The number of carbonyl (C=O) groups is 2. The van der Waals surface area contributed by atoms with E-state index < -0.39 is 17.7 Å². The molecule has 3 heterocycles. The highest BCUT2D eigenvalue weighted by Crippen LogP contribution is 2.42. The molecule has 1 unspecified atom stereocenters. The summed E-state index contributed by atoms with van der Waals surface area (Å²) in [6.07, 6.45) is 4.81. The summed E-state index contributed by atoms with van der Waals surface area (Å²) in [5.74, 6) is -0.889. The molecule has 1 aliphatic rings. The van der Waals surface area contributed by atoms with Crippen LogP contribution in [-0.4, -0.2) is 44.9 Å². The maximum atomic E-state index is 13.2. The highest BCUT2D eigenvalue weighted by Gasteiger charge is 2.46. The van der Waals surface area contributed by atoms with Crippen molar-refractivity contribution in [2.24, 2.45) is 0 Å². The largest absolute Gasteiger partial charge is 0.507 e. The van der Waals surface area contributed by atoms with Gasteiger partial charge in [-0.05, 0) is 49.7 Å². The molecule has 3 aromatic rings. The zero-order chi connectivity index (χ0) is 24.1. The number of pyridine rings is 2. The van der Waals surface area contributed by atoms with Crippen LogP contribution in [0.25, 0.3) is 5.76 Å². The van der Waals surface area contributed by atoms with E-state index >= 15 is 0 Å². The molecule has 1 N–H and O–H groups in total. The Labute approximate surface area is 197 Å². The van der Waals surface area contributed by atoms with Crippen LogP contribution < -0.4 is 9.47 Å². The zero-order valence-corrected chi connectivity index (χ0v) is 19.0. The summed E-state index contributed by atoms with van der Waals surface area (Å²) in [4.78, 5) is 36.2. The molecule has 0 bridgehead atoms. The highest BCUT2D eigenvalue weighted by atomic mass is 16.5. The summed E-state index contributed by atoms with van der Waals surface area (Å²) >= 11 is 0. The average Bonchev–Trinajstić information content (AvgIpc) is 3.10. The number of aromatic nitrogens is 2. The summed E-state index contributed by atoms with van der Waals surface area (Å²) in [6, 6.07) is 13.0. The molecule has 0 aliphatic carbocycles. The molecule has 34 heavy (non-hydrogen) atoms. The smallest absolute Gasteiger partial charge is 0.296 e. The molecule has 2 aromatic heterocycles. The van der Waals surface area contributed by atoms with E-state index in [9.17, 15) is 14.7 Å². The predicted molar refractivity (Wildman–Crippen MR) is 125 cm³/mol. The van der Waals surface area contributed by atoms with Gasteiger partial charge >= 0.3 is 0 Å². The first kappa shape index (κ1) is 23.0. The minimum Gasteiger partial charge on any atom is -0.507 e. The van der Waals surface area contributed by atoms with E-state index in [4.69, 9.17) is 9.47 Å². The van der Waals surface area contributed by atoms with E-state index in [0.29, 0.717) is 41.5 Å². The van der Waals surface area contributed by atoms with Crippen LogP contribution in [0.5, 0.6) is 11.5 Å². The third kappa shape index (κ3) is 4.47. The Bertz CT molecular complexity index is 1210. The number of hydrogen-bond donors (Lipinski definition) is 1. The Morgan fingerprint density at radius 3 is 2.53 bits per heavy atom. The predicted octanol–water partition coefficient (Wildman–Crippen LogP) is 3.90. The molecule has 1 aromatic carbocycles. The Morgan fingerprint density at radius 1 is 1.03 bits per heavy atom. The van der Waals surface area contributed by atoms with Crippen LogP contribution in [0, 0.1) is 0 Å². The fraction of sp³-hybridized carbons (Fsp3) is 0.231. The lowest BCUT2D eigenvalue weighted by molar-refractivity contribution is -0.140. The molecule has 174 valence electrons. The second kappa shape index (κ2) is 10.2. The van der Waals surface area contributed by atoms with Crippen LogP contribution in [-0.2, 0) is 16.1 Å².